The number of nitrogens with two attached hydrogens (primary N) is 2. The lowest BCUT2D eigenvalue weighted by Gasteiger charge is -2.26. The number of nitrogens with one attached hydrogen (secondary N) is 3. The number of carbonyl (C=O) groups is 4. The largest absolute Gasteiger partial charge is 0.480 e. The fourth-order valence-electron chi connectivity index (χ4n) is 2.87. The normalized spacial score (nSPS) is 15.1. The van der Waals surface area contributed by atoms with Crippen LogP contribution in [0.4, 0.5) is 0 Å². The lowest BCUT2D eigenvalue weighted by atomic mass is 9.99. The molecule has 11 heteroatoms. The first kappa shape index (κ1) is 28.8. The molecule has 0 bridgehead atoms. The van der Waals surface area contributed by atoms with Crippen LogP contribution in [0.2, 0.25) is 0 Å². The van der Waals surface area contributed by atoms with Crippen molar-refractivity contribution in [2.24, 2.45) is 23.3 Å². The van der Waals surface area contributed by atoms with E-state index in [0.29, 0.717) is 19.4 Å². The van der Waals surface area contributed by atoms with Crippen molar-refractivity contribution in [3.63, 3.8) is 0 Å². The van der Waals surface area contributed by atoms with Crippen LogP contribution in [0.5, 0.6) is 0 Å². The third kappa shape index (κ3) is 11.1. The number of hydrogen-bond acceptors (Lipinski definition) is 7. The molecule has 180 valence electrons. The Morgan fingerprint density at radius 3 is 1.87 bits per heavy atom. The van der Waals surface area contributed by atoms with Gasteiger partial charge < -0.3 is 37.6 Å². The SMILES string of the molecule is CC(C)CC(NC(=O)C(CCCCN)NC(=O)C(N)CO)C(=O)NC(C(=O)O)C(C)C. The Labute approximate surface area is 183 Å². The summed E-state index contributed by atoms with van der Waals surface area (Å²) in [6, 6.07) is -4.23. The zero-order chi connectivity index (χ0) is 24.1. The lowest BCUT2D eigenvalue weighted by molar-refractivity contribution is -0.143. The van der Waals surface area contributed by atoms with Crippen LogP contribution in [0.1, 0.15) is 53.4 Å². The van der Waals surface area contributed by atoms with Gasteiger partial charge in [-0.2, -0.15) is 0 Å². The molecule has 3 amide bonds. The summed E-state index contributed by atoms with van der Waals surface area (Å²) in [7, 11) is 0. The van der Waals surface area contributed by atoms with E-state index in [0.717, 1.165) is 0 Å². The molecule has 0 aromatic rings. The summed E-state index contributed by atoms with van der Waals surface area (Å²) in [5.74, 6) is -3.37. The van der Waals surface area contributed by atoms with E-state index in [-0.39, 0.29) is 24.7 Å². The number of carbonyl (C=O) groups excluding carboxylic acids is 3. The minimum atomic E-state index is -1.18. The van der Waals surface area contributed by atoms with Crippen molar-refractivity contribution in [2.45, 2.75) is 77.5 Å². The molecular formula is C20H39N5O6. The minimum absolute atomic E-state index is 0.0338. The summed E-state index contributed by atoms with van der Waals surface area (Å²) < 4.78 is 0. The van der Waals surface area contributed by atoms with Crippen molar-refractivity contribution in [3.8, 4) is 0 Å². The highest BCUT2D eigenvalue weighted by molar-refractivity contribution is 5.94. The highest BCUT2D eigenvalue weighted by atomic mass is 16.4. The van der Waals surface area contributed by atoms with Gasteiger partial charge in [-0.25, -0.2) is 4.79 Å². The molecule has 0 fully saturated rings. The van der Waals surface area contributed by atoms with Crippen LogP contribution >= 0.6 is 0 Å². The predicted molar refractivity (Wildman–Crippen MR) is 116 cm³/mol. The van der Waals surface area contributed by atoms with Crippen LogP contribution in [-0.2, 0) is 19.2 Å². The second-order valence-electron chi connectivity index (χ2n) is 8.39. The maximum Gasteiger partial charge on any atom is 0.326 e. The van der Waals surface area contributed by atoms with Gasteiger partial charge in [0.1, 0.15) is 24.2 Å². The quantitative estimate of drug-likeness (QED) is 0.150. The molecule has 9 N–H and O–H groups in total. The van der Waals surface area contributed by atoms with E-state index in [4.69, 9.17) is 16.6 Å². The Morgan fingerprint density at radius 1 is 0.871 bits per heavy atom. The van der Waals surface area contributed by atoms with E-state index in [1.54, 1.807) is 13.8 Å². The Morgan fingerprint density at radius 2 is 1.42 bits per heavy atom. The van der Waals surface area contributed by atoms with Crippen LogP contribution in [0.3, 0.4) is 0 Å². The molecule has 0 aliphatic carbocycles. The van der Waals surface area contributed by atoms with Crippen molar-refractivity contribution >= 4 is 23.7 Å². The average molecular weight is 446 g/mol. The van der Waals surface area contributed by atoms with Gasteiger partial charge in [-0.3, -0.25) is 14.4 Å². The molecule has 0 saturated carbocycles. The van der Waals surface area contributed by atoms with Crippen molar-refractivity contribution < 1.29 is 29.4 Å². The van der Waals surface area contributed by atoms with Crippen molar-refractivity contribution in [1.82, 2.24) is 16.0 Å². The van der Waals surface area contributed by atoms with Crippen LogP contribution in [0.25, 0.3) is 0 Å². The Kier molecular flexibility index (Phi) is 13.6. The molecule has 0 aromatic carbocycles. The zero-order valence-electron chi connectivity index (χ0n) is 18.9. The van der Waals surface area contributed by atoms with Gasteiger partial charge in [0.05, 0.1) is 6.61 Å². The van der Waals surface area contributed by atoms with Gasteiger partial charge >= 0.3 is 5.97 Å². The van der Waals surface area contributed by atoms with Gasteiger partial charge in [0, 0.05) is 0 Å². The minimum Gasteiger partial charge on any atom is -0.480 e. The van der Waals surface area contributed by atoms with Crippen LogP contribution in [-0.4, -0.2) is 71.2 Å². The number of aliphatic carboxylic acids is 1. The Hall–Kier alpha value is -2.24. The summed E-state index contributed by atoms with van der Waals surface area (Å²) in [5.41, 5.74) is 11.0. The highest BCUT2D eigenvalue weighted by Gasteiger charge is 2.31. The molecule has 11 nitrogen and oxygen atoms in total. The number of aliphatic hydroxyl groups excluding tert-OH is 1. The van der Waals surface area contributed by atoms with Crippen LogP contribution < -0.4 is 27.4 Å². The smallest absolute Gasteiger partial charge is 0.326 e. The molecule has 0 aliphatic rings. The maximum absolute atomic E-state index is 12.9. The Bertz CT molecular complexity index is 599. The number of carboxylic acid groups (broad SMARTS) is 1. The van der Waals surface area contributed by atoms with E-state index in [1.807, 2.05) is 13.8 Å². The van der Waals surface area contributed by atoms with Crippen LogP contribution in [0, 0.1) is 11.8 Å². The number of aliphatic hydroxyl groups is 1. The molecule has 31 heavy (non-hydrogen) atoms. The average Bonchev–Trinajstić information content (AvgIpc) is 2.68. The molecule has 0 radical (unpaired) electrons. The van der Waals surface area contributed by atoms with E-state index in [1.165, 1.54) is 0 Å². The molecule has 4 unspecified atom stereocenters. The van der Waals surface area contributed by atoms with Gasteiger partial charge in [0.15, 0.2) is 0 Å². The fraction of sp³-hybridized carbons (Fsp3) is 0.800. The van der Waals surface area contributed by atoms with Gasteiger partial charge in [-0.1, -0.05) is 27.7 Å². The molecule has 0 aromatic heterocycles. The number of amides is 3. The van der Waals surface area contributed by atoms with Gasteiger partial charge in [0.2, 0.25) is 17.7 Å². The third-order valence-corrected chi connectivity index (χ3v) is 4.68. The lowest BCUT2D eigenvalue weighted by Crippen LogP contribution is -2.58. The molecule has 0 aliphatic heterocycles. The topological polar surface area (TPSA) is 197 Å². The number of carboxylic acids is 1. The summed E-state index contributed by atoms with van der Waals surface area (Å²) in [4.78, 5) is 49.1. The van der Waals surface area contributed by atoms with E-state index in [9.17, 15) is 24.3 Å². The third-order valence-electron chi connectivity index (χ3n) is 4.68. The monoisotopic (exact) mass is 445 g/mol. The summed E-state index contributed by atoms with van der Waals surface area (Å²) >= 11 is 0. The second-order valence-corrected chi connectivity index (χ2v) is 8.39. The molecule has 0 heterocycles. The van der Waals surface area contributed by atoms with Crippen molar-refractivity contribution in [2.75, 3.05) is 13.2 Å². The van der Waals surface area contributed by atoms with Crippen LogP contribution in [0.15, 0.2) is 0 Å². The number of unbranched alkanes of at least 4 members (excludes halogenated alkanes) is 1. The fourth-order valence-corrected chi connectivity index (χ4v) is 2.87. The molecule has 0 spiro atoms. The number of rotatable bonds is 15. The van der Waals surface area contributed by atoms with E-state index >= 15 is 0 Å². The first-order valence-electron chi connectivity index (χ1n) is 10.6. The second kappa shape index (κ2) is 14.7. The first-order chi connectivity index (χ1) is 14.4. The van der Waals surface area contributed by atoms with Gasteiger partial charge in [-0.05, 0) is 44.1 Å². The van der Waals surface area contributed by atoms with Gasteiger partial charge in [0.25, 0.3) is 0 Å². The van der Waals surface area contributed by atoms with Crippen molar-refractivity contribution in [3.05, 3.63) is 0 Å². The Balaban J connectivity index is 5.43. The molecule has 4 atom stereocenters. The predicted octanol–water partition coefficient (Wildman–Crippen LogP) is -1.32. The van der Waals surface area contributed by atoms with E-state index in [2.05, 4.69) is 16.0 Å². The standard InChI is InChI=1S/C20H39N5O6/c1-11(2)9-15(19(29)25-16(12(3)4)20(30)31)24-18(28)14(7-5-6-8-21)23-17(27)13(22)10-26/h11-16,26H,5-10,21-22H2,1-4H3,(H,23,27)(H,24,28)(H,25,29)(H,30,31). The first-order valence-corrected chi connectivity index (χ1v) is 10.6. The summed E-state index contributed by atoms with van der Waals surface area (Å²) in [5, 5.41) is 26.0. The van der Waals surface area contributed by atoms with Crippen molar-refractivity contribution in [1.29, 1.82) is 0 Å². The molecular weight excluding hydrogens is 406 g/mol. The van der Waals surface area contributed by atoms with Gasteiger partial charge in [-0.15, -0.1) is 0 Å². The van der Waals surface area contributed by atoms with E-state index < -0.39 is 54.5 Å². The highest BCUT2D eigenvalue weighted by Crippen LogP contribution is 2.09. The summed E-state index contributed by atoms with van der Waals surface area (Å²) in [6.45, 7) is 6.91. The molecule has 0 saturated heterocycles. The zero-order valence-corrected chi connectivity index (χ0v) is 18.9. The summed E-state index contributed by atoms with van der Waals surface area (Å²) in [6.07, 6.45) is 1.74. The maximum atomic E-state index is 12.9. The number of hydrogen-bond donors (Lipinski definition) is 7. The molecule has 0 rings (SSSR count).